The Labute approximate surface area is 121 Å². The summed E-state index contributed by atoms with van der Waals surface area (Å²) in [7, 11) is 1.98. The lowest BCUT2D eigenvalue weighted by atomic mass is 10.1. The van der Waals surface area contributed by atoms with Gasteiger partial charge >= 0.3 is 0 Å². The number of hydrogen-bond acceptors (Lipinski definition) is 4. The summed E-state index contributed by atoms with van der Waals surface area (Å²) in [5, 5.41) is 0.944. The van der Waals surface area contributed by atoms with Gasteiger partial charge in [-0.15, -0.1) is 11.3 Å². The van der Waals surface area contributed by atoms with Crippen molar-refractivity contribution in [2.24, 2.45) is 12.8 Å². The lowest BCUT2D eigenvalue weighted by Gasteiger charge is -2.00. The fourth-order valence-corrected chi connectivity index (χ4v) is 3.28. The molecule has 4 nitrogen and oxygen atoms in total. The molecule has 0 unspecified atom stereocenters. The number of aromatic nitrogens is 3. The van der Waals surface area contributed by atoms with Crippen LogP contribution < -0.4 is 5.73 Å². The van der Waals surface area contributed by atoms with Gasteiger partial charge in [0.25, 0.3) is 0 Å². The molecule has 0 spiro atoms. The van der Waals surface area contributed by atoms with Gasteiger partial charge in [-0.25, -0.2) is 9.97 Å². The second kappa shape index (κ2) is 5.56. The van der Waals surface area contributed by atoms with Gasteiger partial charge in [0.1, 0.15) is 0 Å². The maximum absolute atomic E-state index is 5.72. The summed E-state index contributed by atoms with van der Waals surface area (Å²) in [4.78, 5) is 10.4. The molecule has 102 valence electrons. The summed E-state index contributed by atoms with van der Waals surface area (Å²) < 4.78 is 1.99. The molecule has 0 amide bonds. The number of thiazole rings is 1. The lowest BCUT2D eigenvalue weighted by molar-refractivity contribution is 0.922. The van der Waals surface area contributed by atoms with Crippen LogP contribution in [0.1, 0.15) is 4.88 Å². The van der Waals surface area contributed by atoms with Crippen LogP contribution in [0.3, 0.4) is 0 Å². The molecule has 2 N–H and O–H groups in total. The molecular formula is C15H16N4S. The Morgan fingerprint density at radius 3 is 2.70 bits per heavy atom. The molecular weight excluding hydrogens is 268 g/mol. The molecule has 0 aliphatic carbocycles. The minimum absolute atomic E-state index is 0.627. The molecule has 0 bridgehead atoms. The molecule has 1 aromatic carbocycles. The standard InChI is InChI=1S/C15H16N4S/c1-19-10-9-17-14(19)15-18-13(12(20-15)7-8-16)11-5-3-2-4-6-11/h2-6,9-10H,7-8,16H2,1H3. The van der Waals surface area contributed by atoms with E-state index < -0.39 is 0 Å². The maximum atomic E-state index is 5.72. The van der Waals surface area contributed by atoms with Gasteiger partial charge in [-0.3, -0.25) is 0 Å². The zero-order valence-corrected chi connectivity index (χ0v) is 12.1. The fourth-order valence-electron chi connectivity index (χ4n) is 2.14. The van der Waals surface area contributed by atoms with Crippen LogP contribution in [0.25, 0.3) is 22.1 Å². The van der Waals surface area contributed by atoms with Gasteiger partial charge in [-0.2, -0.15) is 0 Å². The van der Waals surface area contributed by atoms with E-state index in [4.69, 9.17) is 10.7 Å². The molecule has 2 heterocycles. The zero-order valence-electron chi connectivity index (χ0n) is 11.3. The lowest BCUT2D eigenvalue weighted by Crippen LogP contribution is -2.02. The molecule has 3 aromatic rings. The minimum Gasteiger partial charge on any atom is -0.332 e. The number of imidazole rings is 1. The first kappa shape index (κ1) is 13.0. The third-order valence-corrected chi connectivity index (χ3v) is 4.24. The van der Waals surface area contributed by atoms with Gasteiger partial charge in [0.05, 0.1) is 5.69 Å². The predicted molar refractivity (Wildman–Crippen MR) is 82.5 cm³/mol. The first-order valence-corrected chi connectivity index (χ1v) is 7.34. The third kappa shape index (κ3) is 2.37. The second-order valence-corrected chi connectivity index (χ2v) is 5.64. The molecule has 0 atom stereocenters. The summed E-state index contributed by atoms with van der Waals surface area (Å²) in [6, 6.07) is 10.2. The average molecular weight is 284 g/mol. The van der Waals surface area contributed by atoms with Crippen LogP contribution in [0.4, 0.5) is 0 Å². The molecule has 0 fully saturated rings. The number of aryl methyl sites for hydroxylation is 1. The smallest absolute Gasteiger partial charge is 0.168 e. The van der Waals surface area contributed by atoms with E-state index in [1.165, 1.54) is 4.88 Å². The molecule has 0 saturated carbocycles. The SMILES string of the molecule is Cn1ccnc1-c1nc(-c2ccccc2)c(CCN)s1. The normalized spacial score (nSPS) is 10.9. The van der Waals surface area contributed by atoms with Crippen LogP contribution >= 0.6 is 11.3 Å². The van der Waals surface area contributed by atoms with Gasteiger partial charge in [0.15, 0.2) is 10.8 Å². The average Bonchev–Trinajstić information content (AvgIpc) is 3.06. The van der Waals surface area contributed by atoms with Crippen molar-refractivity contribution < 1.29 is 0 Å². The van der Waals surface area contributed by atoms with Gasteiger partial charge in [-0.1, -0.05) is 30.3 Å². The van der Waals surface area contributed by atoms with Crippen molar-refractivity contribution in [3.8, 4) is 22.1 Å². The van der Waals surface area contributed by atoms with Crippen molar-refractivity contribution in [2.45, 2.75) is 6.42 Å². The van der Waals surface area contributed by atoms with Crippen molar-refractivity contribution in [1.29, 1.82) is 0 Å². The van der Waals surface area contributed by atoms with Crippen LogP contribution in [0.5, 0.6) is 0 Å². The summed E-state index contributed by atoms with van der Waals surface area (Å²) >= 11 is 1.68. The van der Waals surface area contributed by atoms with Crippen molar-refractivity contribution in [3.63, 3.8) is 0 Å². The Morgan fingerprint density at radius 2 is 2.05 bits per heavy atom. The van der Waals surface area contributed by atoms with Crippen LogP contribution in [-0.4, -0.2) is 21.1 Å². The Kier molecular flexibility index (Phi) is 3.62. The van der Waals surface area contributed by atoms with E-state index in [2.05, 4.69) is 17.1 Å². The Morgan fingerprint density at radius 1 is 1.25 bits per heavy atom. The van der Waals surface area contributed by atoms with Crippen molar-refractivity contribution >= 4 is 11.3 Å². The van der Waals surface area contributed by atoms with Gasteiger partial charge in [-0.05, 0) is 13.0 Å². The van der Waals surface area contributed by atoms with Crippen LogP contribution in [0, 0.1) is 0 Å². The molecule has 2 aromatic heterocycles. The van der Waals surface area contributed by atoms with Crippen molar-refractivity contribution in [3.05, 3.63) is 47.6 Å². The third-order valence-electron chi connectivity index (χ3n) is 3.13. The quantitative estimate of drug-likeness (QED) is 0.801. The van der Waals surface area contributed by atoms with Crippen LogP contribution in [0.15, 0.2) is 42.7 Å². The maximum Gasteiger partial charge on any atom is 0.168 e. The minimum atomic E-state index is 0.627. The molecule has 20 heavy (non-hydrogen) atoms. The van der Waals surface area contributed by atoms with Gasteiger partial charge in [0.2, 0.25) is 0 Å². The first-order valence-electron chi connectivity index (χ1n) is 6.52. The first-order chi connectivity index (χ1) is 9.79. The monoisotopic (exact) mass is 284 g/mol. The Bertz CT molecular complexity index is 700. The van der Waals surface area contributed by atoms with Crippen molar-refractivity contribution in [1.82, 2.24) is 14.5 Å². The number of nitrogens with zero attached hydrogens (tertiary/aromatic N) is 3. The summed E-state index contributed by atoms with van der Waals surface area (Å²) in [5.41, 5.74) is 7.88. The fraction of sp³-hybridized carbons (Fsp3) is 0.200. The number of benzene rings is 1. The molecule has 5 heteroatoms. The Hall–Kier alpha value is -1.98. The molecule has 0 radical (unpaired) electrons. The summed E-state index contributed by atoms with van der Waals surface area (Å²) in [6.45, 7) is 0.627. The number of nitrogens with two attached hydrogens (primary N) is 1. The largest absolute Gasteiger partial charge is 0.332 e. The summed E-state index contributed by atoms with van der Waals surface area (Å²) in [5.74, 6) is 0.899. The second-order valence-electron chi connectivity index (χ2n) is 4.56. The Balaban J connectivity index is 2.10. The van der Waals surface area contributed by atoms with E-state index in [0.717, 1.165) is 28.5 Å². The molecule has 0 aliphatic heterocycles. The van der Waals surface area contributed by atoms with E-state index in [0.29, 0.717) is 6.54 Å². The molecule has 0 aliphatic rings. The highest BCUT2D eigenvalue weighted by atomic mass is 32.1. The van der Waals surface area contributed by atoms with Gasteiger partial charge < -0.3 is 10.3 Å². The summed E-state index contributed by atoms with van der Waals surface area (Å²) in [6.07, 6.45) is 4.56. The van der Waals surface area contributed by atoms with E-state index in [1.54, 1.807) is 17.5 Å². The number of hydrogen-bond donors (Lipinski definition) is 1. The zero-order chi connectivity index (χ0) is 13.9. The van der Waals surface area contributed by atoms with Crippen LogP contribution in [-0.2, 0) is 13.5 Å². The molecule has 3 rings (SSSR count). The highest BCUT2D eigenvalue weighted by Gasteiger charge is 2.15. The van der Waals surface area contributed by atoms with Gasteiger partial charge in [0, 0.05) is 29.9 Å². The predicted octanol–water partition coefficient (Wildman–Crippen LogP) is 2.71. The van der Waals surface area contributed by atoms with Crippen LogP contribution in [0.2, 0.25) is 0 Å². The van der Waals surface area contributed by atoms with Crippen molar-refractivity contribution in [2.75, 3.05) is 6.54 Å². The van der Waals surface area contributed by atoms with E-state index in [9.17, 15) is 0 Å². The van der Waals surface area contributed by atoms with E-state index in [1.807, 2.05) is 36.0 Å². The highest BCUT2D eigenvalue weighted by molar-refractivity contribution is 7.15. The molecule has 0 saturated heterocycles. The topological polar surface area (TPSA) is 56.7 Å². The van der Waals surface area contributed by atoms with E-state index >= 15 is 0 Å². The highest BCUT2D eigenvalue weighted by Crippen LogP contribution is 2.33. The number of rotatable bonds is 4. The van der Waals surface area contributed by atoms with E-state index in [-0.39, 0.29) is 0 Å².